The zero-order valence-corrected chi connectivity index (χ0v) is 19.2. The SMILES string of the molecule is N#CC1(NC(=O)[C@H](CS(=O)(=O)Cc2cccc(C(F)(F)F)n2)N[C@@H](c2ccccc2)C(F)(F)F)CC1. The summed E-state index contributed by atoms with van der Waals surface area (Å²) in [5, 5.41) is 13.5. The third-order valence-electron chi connectivity index (χ3n) is 5.36. The van der Waals surface area contributed by atoms with Gasteiger partial charge in [-0.25, -0.2) is 13.4 Å². The maximum absolute atomic E-state index is 13.9. The average Bonchev–Trinajstić information content (AvgIpc) is 3.55. The number of nitrogens with one attached hydrogen (secondary N) is 2. The third-order valence-corrected chi connectivity index (χ3v) is 6.93. The summed E-state index contributed by atoms with van der Waals surface area (Å²) in [5.41, 5.74) is -3.42. The molecule has 0 bridgehead atoms. The van der Waals surface area contributed by atoms with Crippen molar-refractivity contribution in [3.63, 3.8) is 0 Å². The summed E-state index contributed by atoms with van der Waals surface area (Å²) in [6.45, 7) is 0. The lowest BCUT2D eigenvalue weighted by Crippen LogP contribution is -2.54. The zero-order chi connectivity index (χ0) is 26.8. The zero-order valence-electron chi connectivity index (χ0n) is 18.4. The Kier molecular flexibility index (Phi) is 7.66. The topological polar surface area (TPSA) is 112 Å². The largest absolute Gasteiger partial charge is 0.433 e. The molecule has 0 aliphatic heterocycles. The quantitative estimate of drug-likeness (QED) is 0.477. The smallest absolute Gasteiger partial charge is 0.336 e. The standard InChI is InChI=1S/C22H20F6N4O3S/c23-21(24,25)17-8-4-7-15(30-17)11-36(34,35)12-16(19(33)32-20(13-29)9-10-20)31-18(22(26,27)28)14-5-2-1-3-6-14/h1-8,16,18,31H,9-12H2,(H,32,33)/t16-,18-/m0/s1. The summed E-state index contributed by atoms with van der Waals surface area (Å²) in [7, 11) is -4.46. The lowest BCUT2D eigenvalue weighted by molar-refractivity contribution is -0.160. The van der Waals surface area contributed by atoms with Crippen molar-refractivity contribution >= 4 is 15.7 Å². The van der Waals surface area contributed by atoms with Gasteiger partial charge >= 0.3 is 12.4 Å². The number of halogens is 6. The maximum Gasteiger partial charge on any atom is 0.433 e. The van der Waals surface area contributed by atoms with Crippen LogP contribution in [0.25, 0.3) is 0 Å². The van der Waals surface area contributed by atoms with E-state index in [-0.39, 0.29) is 18.4 Å². The van der Waals surface area contributed by atoms with Gasteiger partial charge in [-0.15, -0.1) is 0 Å². The number of pyridine rings is 1. The molecule has 2 aromatic rings. The Hall–Kier alpha value is -3.18. The third kappa shape index (κ3) is 7.17. The first-order valence-electron chi connectivity index (χ1n) is 10.5. The number of nitrogens with zero attached hydrogens (tertiary/aromatic N) is 2. The van der Waals surface area contributed by atoms with Gasteiger partial charge in [0.25, 0.3) is 0 Å². The van der Waals surface area contributed by atoms with Crippen LogP contribution in [-0.2, 0) is 26.6 Å². The van der Waals surface area contributed by atoms with Crippen LogP contribution >= 0.6 is 0 Å². The molecule has 1 heterocycles. The molecule has 7 nitrogen and oxygen atoms in total. The highest BCUT2D eigenvalue weighted by Crippen LogP contribution is 2.36. The van der Waals surface area contributed by atoms with Gasteiger partial charge in [-0.1, -0.05) is 36.4 Å². The average molecular weight is 534 g/mol. The van der Waals surface area contributed by atoms with E-state index in [0.717, 1.165) is 24.3 Å². The highest BCUT2D eigenvalue weighted by atomic mass is 32.2. The lowest BCUT2D eigenvalue weighted by atomic mass is 10.1. The molecule has 1 aromatic heterocycles. The molecule has 0 radical (unpaired) electrons. The highest BCUT2D eigenvalue weighted by Gasteiger charge is 2.48. The number of nitriles is 1. The minimum Gasteiger partial charge on any atom is -0.336 e. The molecule has 1 aromatic carbocycles. The number of alkyl halides is 6. The highest BCUT2D eigenvalue weighted by molar-refractivity contribution is 7.90. The molecule has 0 saturated heterocycles. The van der Waals surface area contributed by atoms with Crippen LogP contribution in [0.5, 0.6) is 0 Å². The molecule has 1 fully saturated rings. The van der Waals surface area contributed by atoms with Gasteiger partial charge in [-0.2, -0.15) is 31.6 Å². The predicted octanol–water partition coefficient (Wildman–Crippen LogP) is 3.45. The summed E-state index contributed by atoms with van der Waals surface area (Å²) in [6.07, 6.45) is -9.29. The van der Waals surface area contributed by atoms with Crippen LogP contribution < -0.4 is 10.6 Å². The summed E-state index contributed by atoms with van der Waals surface area (Å²) in [5.74, 6) is -3.38. The first-order valence-corrected chi connectivity index (χ1v) is 12.3. The van der Waals surface area contributed by atoms with Crippen molar-refractivity contribution in [2.45, 2.75) is 48.6 Å². The van der Waals surface area contributed by atoms with E-state index >= 15 is 0 Å². The molecule has 14 heteroatoms. The maximum atomic E-state index is 13.9. The van der Waals surface area contributed by atoms with Crippen LogP contribution in [0.2, 0.25) is 0 Å². The Morgan fingerprint density at radius 2 is 1.69 bits per heavy atom. The molecule has 3 rings (SSSR count). The van der Waals surface area contributed by atoms with E-state index in [4.69, 9.17) is 0 Å². The van der Waals surface area contributed by atoms with Crippen molar-refractivity contribution in [2.75, 3.05) is 5.75 Å². The minimum absolute atomic E-state index is 0.240. The monoisotopic (exact) mass is 534 g/mol. The number of hydrogen-bond donors (Lipinski definition) is 2. The van der Waals surface area contributed by atoms with Crippen molar-refractivity contribution in [2.24, 2.45) is 0 Å². The Labute approximate surface area is 202 Å². The van der Waals surface area contributed by atoms with Gasteiger partial charge < -0.3 is 5.32 Å². The van der Waals surface area contributed by atoms with Crippen molar-refractivity contribution < 1.29 is 39.6 Å². The number of aromatic nitrogens is 1. The van der Waals surface area contributed by atoms with Crippen LogP contribution in [0.4, 0.5) is 26.3 Å². The molecule has 1 amide bonds. The Balaban J connectivity index is 1.89. The van der Waals surface area contributed by atoms with E-state index < -0.39 is 68.6 Å². The molecule has 2 atom stereocenters. The fourth-order valence-electron chi connectivity index (χ4n) is 3.39. The molecular weight excluding hydrogens is 514 g/mol. The number of hydrogen-bond acceptors (Lipinski definition) is 6. The van der Waals surface area contributed by atoms with Gasteiger partial charge in [0.05, 0.1) is 23.3 Å². The molecule has 1 aliphatic carbocycles. The van der Waals surface area contributed by atoms with Crippen LogP contribution in [0.15, 0.2) is 48.5 Å². The van der Waals surface area contributed by atoms with Gasteiger partial charge in [0.1, 0.15) is 23.3 Å². The molecule has 2 N–H and O–H groups in total. The van der Waals surface area contributed by atoms with E-state index in [1.165, 1.54) is 18.2 Å². The van der Waals surface area contributed by atoms with Crippen LogP contribution in [0.3, 0.4) is 0 Å². The normalized spacial score (nSPS) is 17.0. The minimum atomic E-state index is -4.93. The number of sulfone groups is 1. The van der Waals surface area contributed by atoms with E-state index in [9.17, 15) is 44.8 Å². The first kappa shape index (κ1) is 27.4. The Bertz CT molecular complexity index is 1240. The first-order chi connectivity index (χ1) is 16.6. The number of carbonyl (C=O) groups is 1. The summed E-state index contributed by atoms with van der Waals surface area (Å²) in [6, 6.07) is 6.43. The van der Waals surface area contributed by atoms with Crippen LogP contribution in [0, 0.1) is 11.3 Å². The van der Waals surface area contributed by atoms with Crippen molar-refractivity contribution in [1.29, 1.82) is 5.26 Å². The van der Waals surface area contributed by atoms with Crippen molar-refractivity contribution in [3.8, 4) is 6.07 Å². The second kappa shape index (κ2) is 10.1. The van der Waals surface area contributed by atoms with E-state index in [0.29, 0.717) is 6.07 Å². The van der Waals surface area contributed by atoms with Gasteiger partial charge in [0, 0.05) is 0 Å². The summed E-state index contributed by atoms with van der Waals surface area (Å²) in [4.78, 5) is 16.1. The van der Waals surface area contributed by atoms with Gasteiger partial charge in [-0.05, 0) is 30.5 Å². The molecule has 1 saturated carbocycles. The molecule has 1 aliphatic rings. The predicted molar refractivity (Wildman–Crippen MR) is 115 cm³/mol. The van der Waals surface area contributed by atoms with Crippen molar-refractivity contribution in [1.82, 2.24) is 15.6 Å². The van der Waals surface area contributed by atoms with E-state index in [1.807, 2.05) is 11.4 Å². The van der Waals surface area contributed by atoms with Gasteiger partial charge in [-0.3, -0.25) is 10.1 Å². The second-order valence-electron chi connectivity index (χ2n) is 8.35. The Morgan fingerprint density at radius 3 is 2.22 bits per heavy atom. The van der Waals surface area contributed by atoms with E-state index in [1.54, 1.807) is 0 Å². The van der Waals surface area contributed by atoms with Crippen LogP contribution in [-0.4, -0.2) is 42.8 Å². The lowest BCUT2D eigenvalue weighted by Gasteiger charge is -2.28. The Morgan fingerprint density at radius 1 is 1.06 bits per heavy atom. The molecule has 36 heavy (non-hydrogen) atoms. The van der Waals surface area contributed by atoms with Gasteiger partial charge in [0.2, 0.25) is 5.91 Å². The fourth-order valence-corrected chi connectivity index (χ4v) is 4.88. The number of carbonyl (C=O) groups excluding carboxylic acids is 1. The van der Waals surface area contributed by atoms with Crippen LogP contribution in [0.1, 0.15) is 35.8 Å². The molecule has 194 valence electrons. The molecule has 0 spiro atoms. The van der Waals surface area contributed by atoms with Gasteiger partial charge in [0.15, 0.2) is 9.84 Å². The number of rotatable bonds is 9. The van der Waals surface area contributed by atoms with Crippen molar-refractivity contribution in [3.05, 3.63) is 65.5 Å². The molecule has 0 unspecified atom stereocenters. The van der Waals surface area contributed by atoms with E-state index in [2.05, 4.69) is 10.3 Å². The summed E-state index contributed by atoms with van der Waals surface area (Å²) < 4.78 is 106. The summed E-state index contributed by atoms with van der Waals surface area (Å²) >= 11 is 0. The fraction of sp³-hybridized carbons (Fsp3) is 0.409. The number of amides is 1. The number of benzene rings is 1. The molecular formula is C22H20F6N4O3S. The second-order valence-corrected chi connectivity index (χ2v) is 10.5.